The maximum Gasteiger partial charge on any atom is 0.254 e. The van der Waals surface area contributed by atoms with Crippen molar-refractivity contribution in [2.45, 2.75) is 13.0 Å². The normalized spacial score (nSPS) is 11.7. The van der Waals surface area contributed by atoms with E-state index in [1.165, 1.54) is 19.4 Å². The molecule has 0 aliphatic rings. The summed E-state index contributed by atoms with van der Waals surface area (Å²) in [7, 11) is 1.37. The number of carbonyl (C=O) groups is 2. The van der Waals surface area contributed by atoms with Crippen LogP contribution in [0, 0.1) is 0 Å². The van der Waals surface area contributed by atoms with Gasteiger partial charge in [0, 0.05) is 0 Å². The first-order chi connectivity index (χ1) is 7.95. The van der Waals surface area contributed by atoms with Crippen LogP contribution in [0.2, 0.25) is 0 Å². The van der Waals surface area contributed by atoms with Crippen LogP contribution in [0.25, 0.3) is 0 Å². The Kier molecular flexibility index (Phi) is 4.00. The second-order valence-corrected chi connectivity index (χ2v) is 3.42. The highest BCUT2D eigenvalue weighted by Crippen LogP contribution is 2.18. The SMILES string of the molecule is COc1ncc(NC(=O)C(C)N)cc1C(N)=O. The van der Waals surface area contributed by atoms with Crippen LogP contribution < -0.4 is 21.5 Å². The molecule has 0 saturated heterocycles. The molecule has 1 atom stereocenters. The molecule has 0 aromatic carbocycles. The minimum Gasteiger partial charge on any atom is -0.480 e. The van der Waals surface area contributed by atoms with E-state index in [2.05, 4.69) is 10.3 Å². The van der Waals surface area contributed by atoms with Gasteiger partial charge in [-0.3, -0.25) is 9.59 Å². The second-order valence-electron chi connectivity index (χ2n) is 3.42. The molecule has 0 spiro atoms. The highest BCUT2D eigenvalue weighted by Gasteiger charge is 2.13. The third kappa shape index (κ3) is 3.15. The summed E-state index contributed by atoms with van der Waals surface area (Å²) >= 11 is 0. The predicted octanol–water partition coefficient (Wildman–Crippen LogP) is -0.525. The molecule has 0 radical (unpaired) electrons. The van der Waals surface area contributed by atoms with Gasteiger partial charge in [-0.2, -0.15) is 0 Å². The molecule has 0 bridgehead atoms. The molecule has 1 rings (SSSR count). The molecule has 2 amide bonds. The monoisotopic (exact) mass is 238 g/mol. The topological polar surface area (TPSA) is 120 Å². The fourth-order valence-electron chi connectivity index (χ4n) is 1.12. The molecular formula is C10H14N4O3. The van der Waals surface area contributed by atoms with E-state index in [-0.39, 0.29) is 17.4 Å². The molecule has 7 nitrogen and oxygen atoms in total. The summed E-state index contributed by atoms with van der Waals surface area (Å²) in [6.45, 7) is 1.54. The Morgan fingerprint density at radius 3 is 2.65 bits per heavy atom. The number of nitrogens with zero attached hydrogens (tertiary/aromatic N) is 1. The van der Waals surface area contributed by atoms with E-state index < -0.39 is 11.9 Å². The highest BCUT2D eigenvalue weighted by molar-refractivity contribution is 5.98. The van der Waals surface area contributed by atoms with Gasteiger partial charge in [0.2, 0.25) is 11.8 Å². The molecular weight excluding hydrogens is 224 g/mol. The van der Waals surface area contributed by atoms with E-state index in [0.29, 0.717) is 5.69 Å². The Bertz CT molecular complexity index is 445. The Labute approximate surface area is 98.1 Å². The summed E-state index contributed by atoms with van der Waals surface area (Å²) in [5.74, 6) is -0.963. The number of nitrogens with one attached hydrogen (secondary N) is 1. The van der Waals surface area contributed by atoms with E-state index in [0.717, 1.165) is 0 Å². The molecule has 0 aliphatic carbocycles. The third-order valence-corrected chi connectivity index (χ3v) is 1.99. The van der Waals surface area contributed by atoms with Gasteiger partial charge in [-0.05, 0) is 13.0 Å². The summed E-state index contributed by atoms with van der Waals surface area (Å²) in [4.78, 5) is 26.3. The summed E-state index contributed by atoms with van der Waals surface area (Å²) in [5, 5.41) is 2.50. The lowest BCUT2D eigenvalue weighted by Gasteiger charge is -2.10. The van der Waals surface area contributed by atoms with Crippen LogP contribution in [0.4, 0.5) is 5.69 Å². The van der Waals surface area contributed by atoms with Crippen LogP contribution in [0.15, 0.2) is 12.3 Å². The van der Waals surface area contributed by atoms with Crippen LogP contribution in [0.3, 0.4) is 0 Å². The first-order valence-electron chi connectivity index (χ1n) is 4.86. The summed E-state index contributed by atoms with van der Waals surface area (Å²) in [5.41, 5.74) is 11.0. The van der Waals surface area contributed by atoms with Gasteiger partial charge in [0.1, 0.15) is 5.56 Å². The van der Waals surface area contributed by atoms with Crippen LogP contribution in [-0.2, 0) is 4.79 Å². The summed E-state index contributed by atoms with van der Waals surface area (Å²) in [6.07, 6.45) is 1.35. The number of anilines is 1. The smallest absolute Gasteiger partial charge is 0.254 e. The number of rotatable bonds is 4. The number of methoxy groups -OCH3 is 1. The number of ether oxygens (including phenoxy) is 1. The average molecular weight is 238 g/mol. The third-order valence-electron chi connectivity index (χ3n) is 1.99. The molecule has 1 aromatic rings. The number of primary amides is 1. The quantitative estimate of drug-likeness (QED) is 0.651. The Morgan fingerprint density at radius 1 is 1.53 bits per heavy atom. The number of hydrogen-bond donors (Lipinski definition) is 3. The zero-order valence-electron chi connectivity index (χ0n) is 9.56. The van der Waals surface area contributed by atoms with Crippen LogP contribution in [0.1, 0.15) is 17.3 Å². The molecule has 0 fully saturated rings. The van der Waals surface area contributed by atoms with E-state index in [1.54, 1.807) is 6.92 Å². The van der Waals surface area contributed by atoms with E-state index in [9.17, 15) is 9.59 Å². The molecule has 92 valence electrons. The van der Waals surface area contributed by atoms with Crippen molar-refractivity contribution in [3.05, 3.63) is 17.8 Å². The number of hydrogen-bond acceptors (Lipinski definition) is 5. The van der Waals surface area contributed by atoms with Crippen molar-refractivity contribution < 1.29 is 14.3 Å². The van der Waals surface area contributed by atoms with Crippen molar-refractivity contribution in [3.8, 4) is 5.88 Å². The number of nitrogens with two attached hydrogens (primary N) is 2. The first kappa shape index (κ1) is 12.9. The Morgan fingerprint density at radius 2 is 2.18 bits per heavy atom. The van der Waals surface area contributed by atoms with Crippen LogP contribution in [0.5, 0.6) is 5.88 Å². The molecule has 7 heteroatoms. The molecule has 1 aromatic heterocycles. The number of pyridine rings is 1. The van der Waals surface area contributed by atoms with Crippen molar-refractivity contribution in [2.24, 2.45) is 11.5 Å². The summed E-state index contributed by atoms with van der Waals surface area (Å²) < 4.78 is 4.86. The van der Waals surface area contributed by atoms with Crippen molar-refractivity contribution in [1.82, 2.24) is 4.98 Å². The standard InChI is InChI=1S/C10H14N4O3/c1-5(11)9(16)14-6-3-7(8(12)15)10(17-2)13-4-6/h3-5H,11H2,1-2H3,(H2,12,15)(H,14,16). The molecule has 0 saturated carbocycles. The van der Waals surface area contributed by atoms with E-state index in [4.69, 9.17) is 16.2 Å². The van der Waals surface area contributed by atoms with Gasteiger partial charge in [-0.15, -0.1) is 0 Å². The minimum absolute atomic E-state index is 0.0926. The van der Waals surface area contributed by atoms with Crippen LogP contribution in [-0.4, -0.2) is 29.9 Å². The maximum absolute atomic E-state index is 11.3. The lowest BCUT2D eigenvalue weighted by Crippen LogP contribution is -2.32. The second kappa shape index (κ2) is 5.26. The highest BCUT2D eigenvalue weighted by atomic mass is 16.5. The van der Waals surface area contributed by atoms with Crippen LogP contribution >= 0.6 is 0 Å². The molecule has 1 heterocycles. The molecule has 1 unspecified atom stereocenters. The van der Waals surface area contributed by atoms with Gasteiger partial charge in [0.05, 0.1) is 25.0 Å². The lowest BCUT2D eigenvalue weighted by atomic mass is 10.2. The maximum atomic E-state index is 11.3. The fourth-order valence-corrected chi connectivity index (χ4v) is 1.12. The van der Waals surface area contributed by atoms with Gasteiger partial charge in [-0.1, -0.05) is 0 Å². The molecule has 5 N–H and O–H groups in total. The zero-order valence-corrected chi connectivity index (χ0v) is 9.56. The Hall–Kier alpha value is -2.15. The zero-order chi connectivity index (χ0) is 13.0. The molecule has 17 heavy (non-hydrogen) atoms. The van der Waals surface area contributed by atoms with Gasteiger partial charge >= 0.3 is 0 Å². The number of carbonyl (C=O) groups excluding carboxylic acids is 2. The van der Waals surface area contributed by atoms with Crippen molar-refractivity contribution in [1.29, 1.82) is 0 Å². The molecule has 0 aliphatic heterocycles. The minimum atomic E-state index is -0.689. The largest absolute Gasteiger partial charge is 0.480 e. The van der Waals surface area contributed by atoms with E-state index >= 15 is 0 Å². The average Bonchev–Trinajstić information content (AvgIpc) is 2.28. The first-order valence-corrected chi connectivity index (χ1v) is 4.86. The predicted molar refractivity (Wildman–Crippen MR) is 61.6 cm³/mol. The van der Waals surface area contributed by atoms with E-state index in [1.807, 2.05) is 0 Å². The van der Waals surface area contributed by atoms with Crippen molar-refractivity contribution >= 4 is 17.5 Å². The van der Waals surface area contributed by atoms with Gasteiger partial charge in [0.25, 0.3) is 5.91 Å². The van der Waals surface area contributed by atoms with Gasteiger partial charge in [0.15, 0.2) is 0 Å². The van der Waals surface area contributed by atoms with Gasteiger partial charge < -0.3 is 21.5 Å². The Balaban J connectivity index is 3.00. The fraction of sp³-hybridized carbons (Fsp3) is 0.300. The van der Waals surface area contributed by atoms with Crippen molar-refractivity contribution in [3.63, 3.8) is 0 Å². The van der Waals surface area contributed by atoms with Crippen molar-refractivity contribution in [2.75, 3.05) is 12.4 Å². The lowest BCUT2D eigenvalue weighted by molar-refractivity contribution is -0.117. The number of amides is 2. The summed E-state index contributed by atoms with van der Waals surface area (Å²) in [6, 6.07) is 0.725. The van der Waals surface area contributed by atoms with Gasteiger partial charge in [-0.25, -0.2) is 4.98 Å². The number of aromatic nitrogens is 1.